The lowest BCUT2D eigenvalue weighted by molar-refractivity contribution is -0.149. The first-order valence-electron chi connectivity index (χ1n) is 21.2. The lowest BCUT2D eigenvalue weighted by Crippen LogP contribution is -2.54. The van der Waals surface area contributed by atoms with Gasteiger partial charge in [0, 0.05) is 76.0 Å². The Morgan fingerprint density at radius 3 is 2.30 bits per heavy atom. The minimum absolute atomic E-state index is 0.0202. The normalized spacial score (nSPS) is 24.4. The zero-order valence-electron chi connectivity index (χ0n) is 35.4. The highest BCUT2D eigenvalue weighted by molar-refractivity contribution is 7.09. The highest BCUT2D eigenvalue weighted by Crippen LogP contribution is 2.37. The van der Waals surface area contributed by atoms with Crippen LogP contribution in [0.3, 0.4) is 0 Å². The number of rotatable bonds is 21. The number of nitrogens with one attached hydrogen (secondary N) is 1. The van der Waals surface area contributed by atoms with Crippen LogP contribution in [0.15, 0.2) is 35.8 Å². The van der Waals surface area contributed by atoms with E-state index in [1.165, 1.54) is 11.1 Å². The summed E-state index contributed by atoms with van der Waals surface area (Å²) in [6.07, 6.45) is 7.77. The minimum atomic E-state index is -0.552. The van der Waals surface area contributed by atoms with E-state index in [4.69, 9.17) is 9.47 Å². The number of Topliss-reactive ketones (excluding diaryl/α,β-unsaturated/α-hetero) is 2. The Bertz CT molecular complexity index is 1600. The van der Waals surface area contributed by atoms with Crippen LogP contribution in [0, 0.1) is 36.5 Å². The van der Waals surface area contributed by atoms with Gasteiger partial charge in [0.05, 0.1) is 41.8 Å². The first-order valence-corrected chi connectivity index (χ1v) is 22.0. The molecule has 1 aromatic carbocycles. The van der Waals surface area contributed by atoms with Crippen molar-refractivity contribution in [3.8, 4) is 0 Å². The lowest BCUT2D eigenvalue weighted by atomic mass is 9.83. The van der Waals surface area contributed by atoms with Crippen LogP contribution in [0.25, 0.3) is 0 Å². The largest absolute Gasteiger partial charge is 0.379 e. The Labute approximate surface area is 339 Å². The molecule has 5 rings (SSSR count). The Kier molecular flexibility index (Phi) is 15.9. The van der Waals surface area contributed by atoms with Crippen molar-refractivity contribution < 1.29 is 28.7 Å². The fraction of sp³-hybridized carbons (Fsp3) is 0.711. The van der Waals surface area contributed by atoms with Crippen molar-refractivity contribution in [2.75, 3.05) is 27.8 Å². The number of ether oxygens (including phenoxy) is 2. The third kappa shape index (κ3) is 10.4. The molecule has 10 nitrogen and oxygen atoms in total. The molecule has 2 bridgehead atoms. The molecule has 2 amide bonds. The molecule has 3 fully saturated rings. The molecule has 11 heteroatoms. The molecule has 2 saturated heterocycles. The summed E-state index contributed by atoms with van der Waals surface area (Å²) in [7, 11) is 5.07. The number of hydrogen-bond donors (Lipinski definition) is 1. The summed E-state index contributed by atoms with van der Waals surface area (Å²) in [5.41, 5.74) is 2.37. The maximum atomic E-state index is 14.4. The van der Waals surface area contributed by atoms with Crippen molar-refractivity contribution in [3.63, 3.8) is 0 Å². The lowest BCUT2D eigenvalue weighted by Gasteiger charge is -2.41. The van der Waals surface area contributed by atoms with Gasteiger partial charge in [0.25, 0.3) is 0 Å². The Balaban J connectivity index is 1.26. The maximum absolute atomic E-state index is 14.4. The number of carbonyl (C=O) groups excluding carboxylic acids is 4. The van der Waals surface area contributed by atoms with Crippen molar-refractivity contribution >= 4 is 34.7 Å². The van der Waals surface area contributed by atoms with Crippen LogP contribution >= 0.6 is 11.3 Å². The van der Waals surface area contributed by atoms with Gasteiger partial charge in [-0.3, -0.25) is 19.2 Å². The fourth-order valence-electron chi connectivity index (χ4n) is 9.89. The molecule has 2 aromatic rings. The van der Waals surface area contributed by atoms with Crippen LogP contribution in [0.5, 0.6) is 0 Å². The summed E-state index contributed by atoms with van der Waals surface area (Å²) in [6, 6.07) is 8.10. The second kappa shape index (κ2) is 20.1. The summed E-state index contributed by atoms with van der Waals surface area (Å²) in [5.74, 6) is -0.421. The molecular weight excluding hydrogens is 725 g/mol. The number of benzene rings is 1. The zero-order chi connectivity index (χ0) is 40.7. The molecule has 0 unspecified atom stereocenters. The number of amides is 2. The second-order valence-electron chi connectivity index (χ2n) is 17.5. The number of aryl methyl sites for hydroxylation is 1. The van der Waals surface area contributed by atoms with Gasteiger partial charge in [-0.05, 0) is 68.8 Å². The van der Waals surface area contributed by atoms with Crippen LogP contribution in [0.2, 0.25) is 0 Å². The minimum Gasteiger partial charge on any atom is -0.379 e. The molecule has 3 aliphatic rings. The number of carbonyl (C=O) groups is 4. The van der Waals surface area contributed by atoms with E-state index in [9.17, 15) is 19.2 Å². The molecule has 0 spiro atoms. The molecule has 3 heterocycles. The summed E-state index contributed by atoms with van der Waals surface area (Å²) in [6.45, 7) is 12.8. The molecule has 1 saturated carbocycles. The topological polar surface area (TPSA) is 118 Å². The van der Waals surface area contributed by atoms with Crippen LogP contribution in [-0.2, 0) is 35.1 Å². The van der Waals surface area contributed by atoms with E-state index in [1.807, 2.05) is 38.1 Å². The van der Waals surface area contributed by atoms with Crippen LogP contribution in [0.1, 0.15) is 114 Å². The van der Waals surface area contributed by atoms with Crippen molar-refractivity contribution in [2.24, 2.45) is 29.6 Å². The fourth-order valence-corrected chi connectivity index (χ4v) is 10.6. The average Bonchev–Trinajstić information content (AvgIpc) is 4.03. The predicted octanol–water partition coefficient (Wildman–Crippen LogP) is 7.03. The van der Waals surface area contributed by atoms with Crippen molar-refractivity contribution in [2.45, 2.75) is 148 Å². The molecule has 0 radical (unpaired) electrons. The van der Waals surface area contributed by atoms with Gasteiger partial charge < -0.3 is 24.6 Å². The van der Waals surface area contributed by atoms with Gasteiger partial charge in [-0.1, -0.05) is 70.9 Å². The first kappa shape index (κ1) is 44.1. The van der Waals surface area contributed by atoms with Gasteiger partial charge in [-0.2, -0.15) is 0 Å². The quantitative estimate of drug-likeness (QED) is 0.143. The molecule has 2 aliphatic heterocycles. The standard InChI is InChI=1S/C45H68N4O6S/c1-10-29(5)42(48(7)45(53)35(27(2)3)25-38(51)41-32-17-18-34(23-32)47-41)39(54-8)26-40(52)49-20-11-12-36(49)43(55-9)30(6)37(50)24-33(44-46-19-21-56-44)22-31-15-13-28(4)14-16-31/h13-16,19,21,27,29-30,32-36,39,41-43,47H,10-12,17-18,20,22-26H2,1-9H3/t29-,30-,32-,33+,34-,35-,36-,39+,41-,42-,43+/m0/s1. The number of thiazole rings is 1. The van der Waals surface area contributed by atoms with Gasteiger partial charge in [-0.15, -0.1) is 11.3 Å². The summed E-state index contributed by atoms with van der Waals surface area (Å²) < 4.78 is 12.2. The number of aromatic nitrogens is 1. The molecule has 310 valence electrons. The number of ketones is 2. The average molecular weight is 793 g/mol. The molecule has 1 N–H and O–H groups in total. The van der Waals surface area contributed by atoms with Gasteiger partial charge in [-0.25, -0.2) is 4.98 Å². The Morgan fingerprint density at radius 2 is 1.73 bits per heavy atom. The van der Waals surface area contributed by atoms with Crippen LogP contribution < -0.4 is 5.32 Å². The predicted molar refractivity (Wildman–Crippen MR) is 221 cm³/mol. The van der Waals surface area contributed by atoms with E-state index in [0.29, 0.717) is 24.9 Å². The SMILES string of the molecule is CC[C@H](C)[C@@H]([C@@H](CC(=O)N1CCC[C@H]1[C@H](OC)[C@@H](C)C(=O)C[C@@H](Cc1ccc(C)cc1)c1nccs1)OC)N(C)C(=O)[C@@H](CC(=O)[C@H]1N[C@H]2CC[C@H]1C2)C(C)C. The molecular formula is C45H68N4O6S. The van der Waals surface area contributed by atoms with Crippen LogP contribution in [-0.4, -0.2) is 102 Å². The highest BCUT2D eigenvalue weighted by atomic mass is 32.1. The molecule has 56 heavy (non-hydrogen) atoms. The number of likely N-dealkylation sites (N-methyl/N-ethyl adjacent to an activating group) is 1. The Morgan fingerprint density at radius 1 is 1.00 bits per heavy atom. The van der Waals surface area contributed by atoms with Crippen molar-refractivity contribution in [3.05, 3.63) is 52.0 Å². The number of likely N-dealkylation sites (tertiary alicyclic amines) is 1. The van der Waals surface area contributed by atoms with Gasteiger partial charge in [0.15, 0.2) is 5.78 Å². The smallest absolute Gasteiger partial charge is 0.226 e. The monoisotopic (exact) mass is 792 g/mol. The molecule has 1 aromatic heterocycles. The van der Waals surface area contributed by atoms with E-state index < -0.39 is 24.0 Å². The third-order valence-electron chi connectivity index (χ3n) is 13.5. The van der Waals surface area contributed by atoms with Gasteiger partial charge >= 0.3 is 0 Å². The van der Waals surface area contributed by atoms with E-state index in [0.717, 1.165) is 50.0 Å². The summed E-state index contributed by atoms with van der Waals surface area (Å²) >= 11 is 1.58. The third-order valence-corrected chi connectivity index (χ3v) is 14.4. The van der Waals surface area contributed by atoms with E-state index in [1.54, 1.807) is 36.7 Å². The summed E-state index contributed by atoms with van der Waals surface area (Å²) in [5, 5.41) is 6.42. The van der Waals surface area contributed by atoms with E-state index in [-0.39, 0.29) is 72.1 Å². The van der Waals surface area contributed by atoms with Crippen LogP contribution in [0.4, 0.5) is 0 Å². The van der Waals surface area contributed by atoms with Gasteiger partial charge in [0.1, 0.15) is 5.78 Å². The number of hydrogen-bond acceptors (Lipinski definition) is 9. The van der Waals surface area contributed by atoms with E-state index >= 15 is 0 Å². The zero-order valence-corrected chi connectivity index (χ0v) is 36.2. The first-order chi connectivity index (χ1) is 26.8. The number of nitrogens with zero attached hydrogens (tertiary/aromatic N) is 3. The number of fused-ring (bicyclic) bond motifs is 2. The Hall–Kier alpha value is -2.99. The van der Waals surface area contributed by atoms with Gasteiger partial charge in [0.2, 0.25) is 11.8 Å². The molecule has 11 atom stereocenters. The highest BCUT2D eigenvalue weighted by Gasteiger charge is 2.46. The van der Waals surface area contributed by atoms with Crippen molar-refractivity contribution in [1.82, 2.24) is 20.1 Å². The number of methoxy groups -OCH3 is 2. The second-order valence-corrected chi connectivity index (χ2v) is 18.4. The molecule has 1 aliphatic carbocycles. The van der Waals surface area contributed by atoms with Crippen molar-refractivity contribution in [1.29, 1.82) is 0 Å². The summed E-state index contributed by atoms with van der Waals surface area (Å²) in [4.78, 5) is 64.6. The maximum Gasteiger partial charge on any atom is 0.226 e. The van der Waals surface area contributed by atoms with E-state index in [2.05, 4.69) is 55.3 Å². The number of piperidine rings is 1.